The maximum absolute atomic E-state index is 12.3. The average molecular weight is 320 g/mol. The van der Waals surface area contributed by atoms with Crippen LogP contribution in [-0.2, 0) is 11.8 Å². The number of aryl methyl sites for hydroxylation is 2. The number of rotatable bonds is 7. The standard InChI is InChI=1S/C16H24N4O3/c1-6-22-16(21)12-11(2)18-15-13(17-10-20(15)5)14(12)23-9-7-8-19(3)4/h10H,6-9H2,1-5H3. The molecule has 0 amide bonds. The van der Waals surface area contributed by atoms with E-state index in [4.69, 9.17) is 9.47 Å². The molecule has 2 aromatic rings. The molecule has 0 bridgehead atoms. The molecule has 0 spiro atoms. The second-order valence-corrected chi connectivity index (χ2v) is 5.65. The van der Waals surface area contributed by atoms with E-state index < -0.39 is 5.97 Å². The average Bonchev–Trinajstić information content (AvgIpc) is 2.84. The van der Waals surface area contributed by atoms with Gasteiger partial charge in [0.2, 0.25) is 0 Å². The van der Waals surface area contributed by atoms with Crippen LogP contribution in [0.5, 0.6) is 5.75 Å². The van der Waals surface area contributed by atoms with Gasteiger partial charge in [-0.1, -0.05) is 0 Å². The van der Waals surface area contributed by atoms with Gasteiger partial charge in [-0.2, -0.15) is 0 Å². The first-order valence-corrected chi connectivity index (χ1v) is 7.72. The second kappa shape index (κ2) is 7.41. The number of carbonyl (C=O) groups is 1. The summed E-state index contributed by atoms with van der Waals surface area (Å²) in [5.41, 5.74) is 2.23. The van der Waals surface area contributed by atoms with Gasteiger partial charge in [-0.25, -0.2) is 14.8 Å². The van der Waals surface area contributed by atoms with Crippen molar-refractivity contribution in [3.8, 4) is 5.75 Å². The fourth-order valence-corrected chi connectivity index (χ4v) is 2.35. The van der Waals surface area contributed by atoms with Gasteiger partial charge < -0.3 is 18.9 Å². The molecule has 0 aliphatic rings. The van der Waals surface area contributed by atoms with Crippen LogP contribution in [0.4, 0.5) is 0 Å². The molecular formula is C16H24N4O3. The number of fused-ring (bicyclic) bond motifs is 1. The molecule has 23 heavy (non-hydrogen) atoms. The van der Waals surface area contributed by atoms with Crippen molar-refractivity contribution in [3.63, 3.8) is 0 Å². The van der Waals surface area contributed by atoms with Crippen LogP contribution < -0.4 is 4.74 Å². The minimum Gasteiger partial charge on any atom is -0.490 e. The zero-order chi connectivity index (χ0) is 17.0. The predicted octanol–water partition coefficient (Wildman–Crippen LogP) is 1.78. The largest absolute Gasteiger partial charge is 0.490 e. The SMILES string of the molecule is CCOC(=O)c1c(C)nc2c(ncn2C)c1OCCCN(C)C. The van der Waals surface area contributed by atoms with Crippen molar-refractivity contribution >= 4 is 17.1 Å². The first kappa shape index (κ1) is 17.2. The Morgan fingerprint density at radius 3 is 2.78 bits per heavy atom. The number of esters is 1. The zero-order valence-corrected chi connectivity index (χ0v) is 14.4. The van der Waals surface area contributed by atoms with Crippen molar-refractivity contribution in [1.82, 2.24) is 19.4 Å². The number of hydrogen-bond acceptors (Lipinski definition) is 6. The summed E-state index contributed by atoms with van der Waals surface area (Å²) >= 11 is 0. The summed E-state index contributed by atoms with van der Waals surface area (Å²) in [5, 5.41) is 0. The molecule has 7 nitrogen and oxygen atoms in total. The summed E-state index contributed by atoms with van der Waals surface area (Å²) in [5.74, 6) is 0.0398. The van der Waals surface area contributed by atoms with Gasteiger partial charge in [-0.15, -0.1) is 0 Å². The van der Waals surface area contributed by atoms with E-state index in [1.807, 2.05) is 25.7 Å². The number of imidazole rings is 1. The van der Waals surface area contributed by atoms with Gasteiger partial charge >= 0.3 is 5.97 Å². The van der Waals surface area contributed by atoms with Crippen molar-refractivity contribution in [2.24, 2.45) is 7.05 Å². The maximum Gasteiger partial charge on any atom is 0.343 e. The van der Waals surface area contributed by atoms with Gasteiger partial charge in [0, 0.05) is 13.6 Å². The molecule has 0 radical (unpaired) electrons. The highest BCUT2D eigenvalue weighted by molar-refractivity contribution is 5.99. The fraction of sp³-hybridized carbons (Fsp3) is 0.562. The Morgan fingerprint density at radius 1 is 1.39 bits per heavy atom. The molecular weight excluding hydrogens is 296 g/mol. The lowest BCUT2D eigenvalue weighted by Crippen LogP contribution is -2.17. The van der Waals surface area contributed by atoms with Crippen LogP contribution in [0.25, 0.3) is 11.2 Å². The van der Waals surface area contributed by atoms with Crippen LogP contribution in [0, 0.1) is 6.92 Å². The summed E-state index contributed by atoms with van der Waals surface area (Å²) in [6.07, 6.45) is 2.52. The third-order valence-corrected chi connectivity index (χ3v) is 3.46. The van der Waals surface area contributed by atoms with Gasteiger partial charge in [-0.05, 0) is 34.4 Å². The van der Waals surface area contributed by atoms with Crippen LogP contribution in [0.15, 0.2) is 6.33 Å². The zero-order valence-electron chi connectivity index (χ0n) is 14.4. The smallest absolute Gasteiger partial charge is 0.343 e. The normalized spacial score (nSPS) is 11.2. The maximum atomic E-state index is 12.3. The Kier molecular flexibility index (Phi) is 5.54. The number of hydrogen-bond donors (Lipinski definition) is 0. The lowest BCUT2D eigenvalue weighted by Gasteiger charge is -2.14. The van der Waals surface area contributed by atoms with Gasteiger partial charge in [-0.3, -0.25) is 0 Å². The van der Waals surface area contributed by atoms with E-state index in [1.165, 1.54) is 0 Å². The number of nitrogens with zero attached hydrogens (tertiary/aromatic N) is 4. The molecule has 2 heterocycles. The summed E-state index contributed by atoms with van der Waals surface area (Å²) in [7, 11) is 5.89. The third kappa shape index (κ3) is 3.79. The molecule has 2 rings (SSSR count). The van der Waals surface area contributed by atoms with Crippen molar-refractivity contribution in [3.05, 3.63) is 17.6 Å². The lowest BCUT2D eigenvalue weighted by atomic mass is 10.1. The molecule has 0 aliphatic heterocycles. The summed E-state index contributed by atoms with van der Waals surface area (Å²) < 4.78 is 12.9. The number of ether oxygens (including phenoxy) is 2. The Bertz CT molecular complexity index is 694. The van der Waals surface area contributed by atoms with Crippen LogP contribution in [0.2, 0.25) is 0 Å². The Hall–Kier alpha value is -2.15. The molecule has 0 aromatic carbocycles. The Balaban J connectivity index is 2.39. The fourth-order valence-electron chi connectivity index (χ4n) is 2.35. The van der Waals surface area contributed by atoms with Crippen molar-refractivity contribution < 1.29 is 14.3 Å². The molecule has 0 saturated carbocycles. The van der Waals surface area contributed by atoms with E-state index in [-0.39, 0.29) is 0 Å². The first-order valence-electron chi connectivity index (χ1n) is 7.72. The molecule has 0 N–H and O–H groups in total. The summed E-state index contributed by atoms with van der Waals surface area (Å²) in [6.45, 7) is 5.27. The number of pyridine rings is 1. The van der Waals surface area contributed by atoms with Crippen LogP contribution in [0.1, 0.15) is 29.4 Å². The molecule has 0 atom stereocenters. The molecule has 0 aliphatic carbocycles. The van der Waals surface area contributed by atoms with E-state index >= 15 is 0 Å². The lowest BCUT2D eigenvalue weighted by molar-refractivity contribution is 0.0520. The van der Waals surface area contributed by atoms with Crippen LogP contribution in [0.3, 0.4) is 0 Å². The minimum absolute atomic E-state index is 0.304. The predicted molar refractivity (Wildman–Crippen MR) is 87.9 cm³/mol. The van der Waals surface area contributed by atoms with Gasteiger partial charge in [0.15, 0.2) is 16.9 Å². The van der Waals surface area contributed by atoms with E-state index in [0.29, 0.717) is 41.4 Å². The van der Waals surface area contributed by atoms with E-state index in [1.54, 1.807) is 20.2 Å². The molecule has 7 heteroatoms. The molecule has 0 fully saturated rings. The highest BCUT2D eigenvalue weighted by Gasteiger charge is 2.23. The topological polar surface area (TPSA) is 69.5 Å². The van der Waals surface area contributed by atoms with E-state index in [0.717, 1.165) is 13.0 Å². The summed E-state index contributed by atoms with van der Waals surface area (Å²) in [4.78, 5) is 23.2. The monoisotopic (exact) mass is 320 g/mol. The minimum atomic E-state index is -0.423. The molecule has 2 aromatic heterocycles. The van der Waals surface area contributed by atoms with Gasteiger partial charge in [0.1, 0.15) is 5.56 Å². The van der Waals surface area contributed by atoms with Gasteiger partial charge in [0.05, 0.1) is 25.2 Å². The Labute approximate surface area is 136 Å². The molecule has 0 saturated heterocycles. The highest BCUT2D eigenvalue weighted by atomic mass is 16.5. The highest BCUT2D eigenvalue weighted by Crippen LogP contribution is 2.30. The number of aromatic nitrogens is 3. The second-order valence-electron chi connectivity index (χ2n) is 5.65. The van der Waals surface area contributed by atoms with Crippen LogP contribution >= 0.6 is 0 Å². The van der Waals surface area contributed by atoms with Crippen molar-refractivity contribution in [2.45, 2.75) is 20.3 Å². The first-order chi connectivity index (χ1) is 11.0. The quantitative estimate of drug-likeness (QED) is 0.572. The van der Waals surface area contributed by atoms with Gasteiger partial charge in [0.25, 0.3) is 0 Å². The van der Waals surface area contributed by atoms with E-state index in [2.05, 4.69) is 14.9 Å². The van der Waals surface area contributed by atoms with Crippen molar-refractivity contribution in [1.29, 1.82) is 0 Å². The summed E-state index contributed by atoms with van der Waals surface area (Å²) in [6, 6.07) is 0. The molecule has 0 unspecified atom stereocenters. The molecule has 126 valence electrons. The van der Waals surface area contributed by atoms with Crippen LogP contribution in [-0.4, -0.2) is 59.3 Å². The number of carbonyl (C=O) groups excluding carboxylic acids is 1. The van der Waals surface area contributed by atoms with E-state index in [9.17, 15) is 4.79 Å². The Morgan fingerprint density at radius 2 is 2.13 bits per heavy atom. The van der Waals surface area contributed by atoms with Crippen molar-refractivity contribution in [2.75, 3.05) is 33.9 Å². The third-order valence-electron chi connectivity index (χ3n) is 3.46.